The van der Waals surface area contributed by atoms with Crippen LogP contribution in [0.1, 0.15) is 17.3 Å². The Kier molecular flexibility index (Phi) is 4.52. The quantitative estimate of drug-likeness (QED) is 0.833. The summed E-state index contributed by atoms with van der Waals surface area (Å²) >= 11 is 0. The van der Waals surface area contributed by atoms with Crippen LogP contribution in [0, 0.1) is 11.8 Å². The maximum atomic E-state index is 12.5. The third-order valence-corrected chi connectivity index (χ3v) is 5.72. The fraction of sp³-hybridized carbons (Fsp3) is 0.429. The predicted molar refractivity (Wildman–Crippen MR) is 78.9 cm³/mol. The van der Waals surface area contributed by atoms with Crippen molar-refractivity contribution < 1.29 is 23.1 Å². The highest BCUT2D eigenvalue weighted by atomic mass is 32.2. The average molecular weight is 326 g/mol. The van der Waals surface area contributed by atoms with Crippen LogP contribution in [-0.4, -0.2) is 49.8 Å². The third-order valence-electron chi connectivity index (χ3n) is 3.88. The van der Waals surface area contributed by atoms with E-state index in [0.717, 1.165) is 0 Å². The molecule has 2 atom stereocenters. The molecule has 1 aromatic carbocycles. The topological polar surface area (TPSA) is 104 Å². The first-order chi connectivity index (χ1) is 10.3. The van der Waals surface area contributed by atoms with Crippen LogP contribution in [-0.2, 0) is 14.8 Å². The van der Waals surface area contributed by atoms with Gasteiger partial charge in [-0.25, -0.2) is 8.42 Å². The summed E-state index contributed by atoms with van der Waals surface area (Å²) in [6, 6.07) is 5.58. The van der Waals surface area contributed by atoms with Gasteiger partial charge in [-0.05, 0) is 30.2 Å². The number of carbonyl (C=O) groups excluding carboxylic acids is 1. The number of rotatable bonds is 4. The van der Waals surface area contributed by atoms with Gasteiger partial charge in [-0.1, -0.05) is 6.92 Å². The van der Waals surface area contributed by atoms with Gasteiger partial charge in [0.2, 0.25) is 10.0 Å². The molecule has 22 heavy (non-hydrogen) atoms. The Bertz CT molecular complexity index is 684. The molecular weight excluding hydrogens is 308 g/mol. The van der Waals surface area contributed by atoms with E-state index >= 15 is 0 Å². The Balaban J connectivity index is 2.24. The van der Waals surface area contributed by atoms with Crippen molar-refractivity contribution >= 4 is 21.9 Å². The fourth-order valence-corrected chi connectivity index (χ4v) is 4.08. The van der Waals surface area contributed by atoms with Crippen molar-refractivity contribution in [2.75, 3.05) is 20.1 Å². The largest absolute Gasteiger partial charge is 0.481 e. The van der Waals surface area contributed by atoms with E-state index in [1.54, 1.807) is 6.92 Å². The molecule has 0 radical (unpaired) electrons. The van der Waals surface area contributed by atoms with Crippen LogP contribution in [0.5, 0.6) is 0 Å². The number of nitrogens with one attached hydrogen (secondary N) is 1. The van der Waals surface area contributed by atoms with Crippen molar-refractivity contribution in [3.8, 4) is 0 Å². The number of aliphatic carboxylic acids is 1. The van der Waals surface area contributed by atoms with Crippen molar-refractivity contribution in [2.24, 2.45) is 11.8 Å². The lowest BCUT2D eigenvalue weighted by Crippen LogP contribution is -2.30. The fourth-order valence-electron chi connectivity index (χ4n) is 2.51. The monoisotopic (exact) mass is 326 g/mol. The predicted octanol–water partition coefficient (Wildman–Crippen LogP) is 0.387. The zero-order valence-corrected chi connectivity index (χ0v) is 13.1. The summed E-state index contributed by atoms with van der Waals surface area (Å²) in [6.45, 7) is 1.87. The number of nitrogens with zero attached hydrogens (tertiary/aromatic N) is 1. The van der Waals surface area contributed by atoms with Crippen LogP contribution < -0.4 is 5.32 Å². The van der Waals surface area contributed by atoms with Gasteiger partial charge in [0, 0.05) is 25.7 Å². The first-order valence-electron chi connectivity index (χ1n) is 6.82. The Morgan fingerprint density at radius 3 is 2.27 bits per heavy atom. The molecule has 1 saturated heterocycles. The molecule has 0 spiro atoms. The average Bonchev–Trinajstić information content (AvgIpc) is 2.89. The van der Waals surface area contributed by atoms with Crippen LogP contribution in [0.2, 0.25) is 0 Å². The number of amides is 1. The van der Waals surface area contributed by atoms with Crippen molar-refractivity contribution in [3.05, 3.63) is 29.8 Å². The van der Waals surface area contributed by atoms with Gasteiger partial charge < -0.3 is 10.4 Å². The van der Waals surface area contributed by atoms with Crippen LogP contribution >= 0.6 is 0 Å². The van der Waals surface area contributed by atoms with Crippen molar-refractivity contribution in [2.45, 2.75) is 11.8 Å². The van der Waals surface area contributed by atoms with E-state index in [4.69, 9.17) is 5.11 Å². The maximum absolute atomic E-state index is 12.5. The Morgan fingerprint density at radius 2 is 1.82 bits per heavy atom. The molecule has 1 heterocycles. The van der Waals surface area contributed by atoms with Crippen LogP contribution in [0.15, 0.2) is 29.2 Å². The number of carbonyl (C=O) groups is 2. The highest BCUT2D eigenvalue weighted by Gasteiger charge is 2.40. The van der Waals surface area contributed by atoms with Gasteiger partial charge in [0.05, 0.1) is 10.8 Å². The van der Waals surface area contributed by atoms with Crippen LogP contribution in [0.25, 0.3) is 0 Å². The van der Waals surface area contributed by atoms with Gasteiger partial charge in [0.1, 0.15) is 0 Å². The molecule has 1 aliphatic heterocycles. The second kappa shape index (κ2) is 6.05. The van der Waals surface area contributed by atoms with Crippen LogP contribution in [0.4, 0.5) is 0 Å². The second-order valence-electron chi connectivity index (χ2n) is 5.35. The van der Waals surface area contributed by atoms with Gasteiger partial charge in [-0.2, -0.15) is 4.31 Å². The van der Waals surface area contributed by atoms with Gasteiger partial charge in [0.15, 0.2) is 0 Å². The third kappa shape index (κ3) is 2.97. The standard InChI is InChI=1S/C14H18N2O5S/c1-9-7-16(8-12(9)14(18)19)22(20,21)11-5-3-10(4-6-11)13(17)15-2/h3-6,9,12H,7-8H2,1-2H3,(H,15,17)(H,18,19)/t9-,12-/m1/s1. The molecule has 7 nitrogen and oxygen atoms in total. The minimum Gasteiger partial charge on any atom is -0.481 e. The molecule has 8 heteroatoms. The molecule has 2 N–H and O–H groups in total. The molecule has 2 rings (SSSR count). The van der Waals surface area contributed by atoms with E-state index in [2.05, 4.69) is 5.32 Å². The molecule has 1 amide bonds. The van der Waals surface area contributed by atoms with E-state index in [-0.39, 0.29) is 29.8 Å². The first-order valence-corrected chi connectivity index (χ1v) is 8.26. The molecule has 1 fully saturated rings. The van der Waals surface area contributed by atoms with Gasteiger partial charge >= 0.3 is 5.97 Å². The summed E-state index contributed by atoms with van der Waals surface area (Å²) in [5, 5.41) is 11.6. The van der Waals surface area contributed by atoms with E-state index in [1.807, 2.05) is 0 Å². The zero-order valence-electron chi connectivity index (χ0n) is 12.3. The van der Waals surface area contributed by atoms with Gasteiger partial charge in [-0.15, -0.1) is 0 Å². The number of benzene rings is 1. The second-order valence-corrected chi connectivity index (χ2v) is 7.29. The lowest BCUT2D eigenvalue weighted by Gasteiger charge is -2.16. The molecule has 0 aliphatic carbocycles. The summed E-state index contributed by atoms with van der Waals surface area (Å²) in [4.78, 5) is 22.6. The van der Waals surface area contributed by atoms with Crippen molar-refractivity contribution in [3.63, 3.8) is 0 Å². The number of sulfonamides is 1. The first kappa shape index (κ1) is 16.4. The van der Waals surface area contributed by atoms with Gasteiger partial charge in [-0.3, -0.25) is 9.59 Å². The number of hydrogen-bond donors (Lipinski definition) is 2. The number of carboxylic acid groups (broad SMARTS) is 1. The van der Waals surface area contributed by atoms with E-state index in [0.29, 0.717) is 5.56 Å². The SMILES string of the molecule is CNC(=O)c1ccc(S(=O)(=O)N2C[C@@H](C)[C@H](C(=O)O)C2)cc1. The smallest absolute Gasteiger partial charge is 0.308 e. The molecule has 0 saturated carbocycles. The molecule has 120 valence electrons. The molecule has 0 unspecified atom stereocenters. The highest BCUT2D eigenvalue weighted by Crippen LogP contribution is 2.28. The van der Waals surface area contributed by atoms with Crippen molar-refractivity contribution in [1.29, 1.82) is 0 Å². The number of hydrogen-bond acceptors (Lipinski definition) is 4. The summed E-state index contributed by atoms with van der Waals surface area (Å²) < 4.78 is 26.2. The minimum atomic E-state index is -3.75. The Labute approximate surface area is 129 Å². The summed E-state index contributed by atoms with van der Waals surface area (Å²) in [5.74, 6) is -2.22. The molecular formula is C14H18N2O5S. The lowest BCUT2D eigenvalue weighted by atomic mass is 9.99. The molecule has 0 aromatic heterocycles. The van der Waals surface area contributed by atoms with E-state index in [9.17, 15) is 18.0 Å². The maximum Gasteiger partial charge on any atom is 0.308 e. The molecule has 1 aromatic rings. The van der Waals surface area contributed by atoms with E-state index < -0.39 is 21.9 Å². The lowest BCUT2D eigenvalue weighted by molar-refractivity contribution is -0.142. The minimum absolute atomic E-state index is 0.0317. The Hall–Kier alpha value is -1.93. The molecule has 1 aliphatic rings. The van der Waals surface area contributed by atoms with Gasteiger partial charge in [0.25, 0.3) is 5.91 Å². The summed E-state index contributed by atoms with van der Waals surface area (Å²) in [7, 11) is -2.26. The van der Waals surface area contributed by atoms with Crippen molar-refractivity contribution in [1.82, 2.24) is 9.62 Å². The van der Waals surface area contributed by atoms with E-state index in [1.165, 1.54) is 35.6 Å². The Morgan fingerprint density at radius 1 is 1.23 bits per heavy atom. The summed E-state index contributed by atoms with van der Waals surface area (Å²) in [5.41, 5.74) is 0.361. The number of carboxylic acids is 1. The van der Waals surface area contributed by atoms with Crippen LogP contribution in [0.3, 0.4) is 0 Å². The zero-order chi connectivity index (χ0) is 16.5. The highest BCUT2D eigenvalue weighted by molar-refractivity contribution is 7.89. The summed E-state index contributed by atoms with van der Waals surface area (Å²) in [6.07, 6.45) is 0. The molecule has 0 bridgehead atoms. The normalized spacial score (nSPS) is 22.5.